The molecule has 7 aromatic carbocycles. The third kappa shape index (κ3) is 4.09. The predicted molar refractivity (Wildman–Crippen MR) is 211 cm³/mol. The SMILES string of the molecule is c1ccc(-c2cccc3c2sc2ccc(-c4cccc(-c5cnc6c(c5)oc5cc7c8ccccc8c8ccccc8c7cc56)n4)cc23)cc1. The molecule has 0 radical (unpaired) electrons. The third-order valence-corrected chi connectivity index (χ3v) is 11.3. The summed E-state index contributed by atoms with van der Waals surface area (Å²) >= 11 is 1.85. The molecule has 4 heterocycles. The molecule has 11 aromatic rings. The van der Waals surface area contributed by atoms with Gasteiger partial charge in [0.05, 0.1) is 11.4 Å². The van der Waals surface area contributed by atoms with E-state index in [9.17, 15) is 0 Å². The van der Waals surface area contributed by atoms with Gasteiger partial charge in [-0.15, -0.1) is 11.3 Å². The molecule has 0 saturated carbocycles. The Kier molecular flexibility index (Phi) is 5.83. The molecular weight excluding hydrogens is 629 g/mol. The van der Waals surface area contributed by atoms with Crippen molar-refractivity contribution < 1.29 is 4.42 Å². The van der Waals surface area contributed by atoms with Crippen molar-refractivity contribution in [2.45, 2.75) is 0 Å². The molecule has 4 heteroatoms. The van der Waals surface area contributed by atoms with Crippen LogP contribution in [0.3, 0.4) is 0 Å². The van der Waals surface area contributed by atoms with Gasteiger partial charge in [0.1, 0.15) is 11.1 Å². The van der Waals surface area contributed by atoms with Gasteiger partial charge in [-0.05, 0) is 85.9 Å². The van der Waals surface area contributed by atoms with Crippen LogP contribution < -0.4 is 0 Å². The second-order valence-corrected chi connectivity index (χ2v) is 14.0. The van der Waals surface area contributed by atoms with Crippen molar-refractivity contribution in [1.82, 2.24) is 9.97 Å². The highest BCUT2D eigenvalue weighted by Gasteiger charge is 2.16. The number of nitrogens with zero attached hydrogens (tertiary/aromatic N) is 2. The Hall–Kier alpha value is -6.36. The lowest BCUT2D eigenvalue weighted by Gasteiger charge is -2.10. The molecule has 50 heavy (non-hydrogen) atoms. The maximum absolute atomic E-state index is 6.53. The van der Waals surface area contributed by atoms with Gasteiger partial charge >= 0.3 is 0 Å². The van der Waals surface area contributed by atoms with Gasteiger partial charge in [-0.1, -0.05) is 109 Å². The fourth-order valence-corrected chi connectivity index (χ4v) is 8.96. The molecule has 0 N–H and O–H groups in total. The number of furan rings is 1. The van der Waals surface area contributed by atoms with E-state index >= 15 is 0 Å². The number of hydrogen-bond donors (Lipinski definition) is 0. The lowest BCUT2D eigenvalue weighted by Crippen LogP contribution is -1.89. The van der Waals surface area contributed by atoms with E-state index in [2.05, 4.69) is 146 Å². The van der Waals surface area contributed by atoms with Crippen LogP contribution in [0.4, 0.5) is 0 Å². The van der Waals surface area contributed by atoms with Crippen molar-refractivity contribution in [3.63, 3.8) is 0 Å². The number of benzene rings is 7. The monoisotopic (exact) mass is 654 g/mol. The summed E-state index contributed by atoms with van der Waals surface area (Å²) in [7, 11) is 0. The molecule has 232 valence electrons. The Morgan fingerprint density at radius 3 is 1.86 bits per heavy atom. The molecule has 3 nitrogen and oxygen atoms in total. The van der Waals surface area contributed by atoms with E-state index in [1.807, 2.05) is 23.6 Å². The van der Waals surface area contributed by atoms with Crippen molar-refractivity contribution in [1.29, 1.82) is 0 Å². The quantitative estimate of drug-likeness (QED) is 0.178. The molecule has 0 unspecified atom stereocenters. The van der Waals surface area contributed by atoms with Crippen molar-refractivity contribution in [3.8, 4) is 33.6 Å². The van der Waals surface area contributed by atoms with Gasteiger partial charge in [0.25, 0.3) is 0 Å². The standard InChI is InChI=1S/C46H26N2OS/c1-2-10-27(11-3-1)30-16-8-17-35-38-22-28(20-21-44(38)50-46(30)35)40-18-9-19-41(48-40)29-23-43-45(47-26-29)39-24-36-33-14-6-4-12-31(33)32-13-5-7-15-34(32)37(36)25-42(39)49-43/h1-26H. The second kappa shape index (κ2) is 10.6. The third-order valence-electron chi connectivity index (χ3n) is 10.1. The van der Waals surface area contributed by atoms with E-state index in [4.69, 9.17) is 14.4 Å². The number of fused-ring (bicyclic) bond motifs is 12. The van der Waals surface area contributed by atoms with Crippen LogP contribution in [0.15, 0.2) is 162 Å². The zero-order valence-electron chi connectivity index (χ0n) is 26.7. The van der Waals surface area contributed by atoms with Gasteiger partial charge in [0, 0.05) is 42.9 Å². The largest absolute Gasteiger partial charge is 0.454 e. The van der Waals surface area contributed by atoms with Crippen LogP contribution in [0.2, 0.25) is 0 Å². The van der Waals surface area contributed by atoms with Crippen LogP contribution in [0.5, 0.6) is 0 Å². The highest BCUT2D eigenvalue weighted by molar-refractivity contribution is 7.26. The van der Waals surface area contributed by atoms with Crippen LogP contribution in [0, 0.1) is 0 Å². The summed E-state index contributed by atoms with van der Waals surface area (Å²) in [5.74, 6) is 0. The van der Waals surface area contributed by atoms with Gasteiger partial charge < -0.3 is 4.42 Å². The summed E-state index contributed by atoms with van der Waals surface area (Å²) in [6, 6.07) is 54.0. The summed E-state index contributed by atoms with van der Waals surface area (Å²) in [6.45, 7) is 0. The average molecular weight is 655 g/mol. The van der Waals surface area contributed by atoms with Crippen LogP contribution in [-0.4, -0.2) is 9.97 Å². The van der Waals surface area contributed by atoms with E-state index in [0.717, 1.165) is 44.6 Å². The highest BCUT2D eigenvalue weighted by Crippen LogP contribution is 2.42. The van der Waals surface area contributed by atoms with Gasteiger partial charge in [-0.2, -0.15) is 0 Å². The summed E-state index contributed by atoms with van der Waals surface area (Å²) < 4.78 is 9.12. The highest BCUT2D eigenvalue weighted by atomic mass is 32.1. The lowest BCUT2D eigenvalue weighted by molar-refractivity contribution is 0.669. The van der Waals surface area contributed by atoms with E-state index in [0.29, 0.717) is 0 Å². The Morgan fingerprint density at radius 1 is 0.420 bits per heavy atom. The fourth-order valence-electron chi connectivity index (χ4n) is 7.74. The van der Waals surface area contributed by atoms with Crippen molar-refractivity contribution >= 4 is 85.9 Å². The summed E-state index contributed by atoms with van der Waals surface area (Å²) in [4.78, 5) is 10.1. The molecule has 0 amide bonds. The predicted octanol–water partition coefficient (Wildman–Crippen LogP) is 13.2. The minimum absolute atomic E-state index is 0.758. The van der Waals surface area contributed by atoms with E-state index in [1.54, 1.807) is 0 Å². The van der Waals surface area contributed by atoms with Crippen LogP contribution >= 0.6 is 11.3 Å². The molecule has 4 aromatic heterocycles. The molecule has 0 aliphatic rings. The van der Waals surface area contributed by atoms with Crippen LogP contribution in [0.25, 0.3) is 108 Å². The van der Waals surface area contributed by atoms with Crippen molar-refractivity contribution in [3.05, 3.63) is 158 Å². The van der Waals surface area contributed by atoms with Crippen LogP contribution in [0.1, 0.15) is 0 Å². The van der Waals surface area contributed by atoms with Crippen molar-refractivity contribution in [2.75, 3.05) is 0 Å². The van der Waals surface area contributed by atoms with E-state index in [1.165, 1.54) is 63.6 Å². The first kappa shape index (κ1) is 27.6. The van der Waals surface area contributed by atoms with E-state index in [-0.39, 0.29) is 0 Å². The number of aromatic nitrogens is 2. The van der Waals surface area contributed by atoms with Crippen LogP contribution in [-0.2, 0) is 0 Å². The molecule has 0 atom stereocenters. The molecule has 11 rings (SSSR count). The zero-order chi connectivity index (χ0) is 32.8. The number of pyridine rings is 2. The molecule has 0 spiro atoms. The maximum atomic E-state index is 6.53. The second-order valence-electron chi connectivity index (χ2n) is 12.9. The smallest absolute Gasteiger partial charge is 0.154 e. The summed E-state index contributed by atoms with van der Waals surface area (Å²) in [5.41, 5.74) is 8.78. The zero-order valence-corrected chi connectivity index (χ0v) is 27.5. The molecule has 0 aliphatic carbocycles. The van der Waals surface area contributed by atoms with E-state index < -0.39 is 0 Å². The average Bonchev–Trinajstić information content (AvgIpc) is 3.75. The normalized spacial score (nSPS) is 12.0. The fraction of sp³-hybridized carbons (Fsp3) is 0. The Bertz CT molecular complexity index is 3160. The Labute approximate surface area is 290 Å². The minimum Gasteiger partial charge on any atom is -0.454 e. The van der Waals surface area contributed by atoms with Gasteiger partial charge in [0.15, 0.2) is 5.58 Å². The molecule has 0 aliphatic heterocycles. The number of thiophene rings is 1. The molecule has 0 fully saturated rings. The topological polar surface area (TPSA) is 38.9 Å². The lowest BCUT2D eigenvalue weighted by atomic mass is 9.93. The van der Waals surface area contributed by atoms with Crippen molar-refractivity contribution in [2.24, 2.45) is 0 Å². The number of hydrogen-bond acceptors (Lipinski definition) is 4. The minimum atomic E-state index is 0.758. The Balaban J connectivity index is 1.02. The van der Waals surface area contributed by atoms with Gasteiger partial charge in [-0.3, -0.25) is 4.98 Å². The first-order valence-electron chi connectivity index (χ1n) is 16.8. The molecule has 0 bridgehead atoms. The number of rotatable bonds is 3. The Morgan fingerprint density at radius 2 is 1.08 bits per heavy atom. The first-order chi connectivity index (χ1) is 24.8. The summed E-state index contributed by atoms with van der Waals surface area (Å²) in [5, 5.41) is 10.9. The van der Waals surface area contributed by atoms with Gasteiger partial charge in [0.2, 0.25) is 0 Å². The molecular formula is C46H26N2OS. The van der Waals surface area contributed by atoms with Gasteiger partial charge in [-0.25, -0.2) is 4.98 Å². The summed E-state index contributed by atoms with van der Waals surface area (Å²) in [6.07, 6.45) is 1.92. The molecule has 0 saturated heterocycles. The maximum Gasteiger partial charge on any atom is 0.154 e. The first-order valence-corrected chi connectivity index (χ1v) is 17.6.